The average Bonchev–Trinajstić information content (AvgIpc) is 3.04. The molecule has 0 unspecified atom stereocenters. The van der Waals surface area contributed by atoms with Gasteiger partial charge in [-0.3, -0.25) is 9.88 Å². The molecule has 1 aliphatic heterocycles. The van der Waals surface area contributed by atoms with Crippen molar-refractivity contribution in [2.24, 2.45) is 5.92 Å². The Kier molecular flexibility index (Phi) is 8.60. The summed E-state index contributed by atoms with van der Waals surface area (Å²) < 4.78 is 43.7. The molecule has 3 rings (SSSR count). The standard InChI is InChI=1S/C18H26N2O2.C2HF3O2/c1-2-11-21-14-16-6-5-8-18(16)15-20(10-12-22-18)13-17-7-3-4-9-19-17;3-2(4,5)1(6)7/h2-4,7,9,16H,1,5-6,8,10-15H2;(H,6,7)/t16-,18+;/m0./s1. The monoisotopic (exact) mass is 416 g/mol. The zero-order valence-electron chi connectivity index (χ0n) is 16.2. The highest BCUT2D eigenvalue weighted by Crippen LogP contribution is 2.41. The van der Waals surface area contributed by atoms with Gasteiger partial charge in [0.05, 0.1) is 31.1 Å². The Morgan fingerprint density at radius 2 is 2.24 bits per heavy atom. The lowest BCUT2D eigenvalue weighted by Gasteiger charge is -2.44. The summed E-state index contributed by atoms with van der Waals surface area (Å²) in [7, 11) is 0. The van der Waals surface area contributed by atoms with Gasteiger partial charge in [0.15, 0.2) is 0 Å². The van der Waals surface area contributed by atoms with Gasteiger partial charge in [0.2, 0.25) is 0 Å². The molecule has 1 aliphatic carbocycles. The lowest BCUT2D eigenvalue weighted by atomic mass is 9.89. The van der Waals surface area contributed by atoms with E-state index in [9.17, 15) is 13.2 Å². The van der Waals surface area contributed by atoms with Crippen LogP contribution in [0.3, 0.4) is 0 Å². The van der Waals surface area contributed by atoms with Crippen LogP contribution in [0.4, 0.5) is 13.2 Å². The van der Waals surface area contributed by atoms with Crippen molar-refractivity contribution in [1.29, 1.82) is 0 Å². The molecule has 1 aromatic heterocycles. The number of carboxylic acid groups (broad SMARTS) is 1. The van der Waals surface area contributed by atoms with Gasteiger partial charge < -0.3 is 14.6 Å². The molecule has 2 heterocycles. The van der Waals surface area contributed by atoms with Crippen molar-refractivity contribution in [2.45, 2.75) is 37.6 Å². The number of carboxylic acids is 1. The number of aromatic nitrogens is 1. The van der Waals surface area contributed by atoms with Crippen LogP contribution in [0.25, 0.3) is 0 Å². The Bertz CT molecular complexity index is 657. The highest BCUT2D eigenvalue weighted by Gasteiger charge is 2.46. The normalized spacial score (nSPS) is 24.7. The van der Waals surface area contributed by atoms with E-state index in [1.54, 1.807) is 0 Å². The number of rotatable bonds is 6. The Morgan fingerprint density at radius 1 is 1.48 bits per heavy atom. The van der Waals surface area contributed by atoms with Crippen LogP contribution in [-0.4, -0.2) is 65.6 Å². The number of ether oxygens (including phenoxy) is 2. The Balaban J connectivity index is 0.000000370. The van der Waals surface area contributed by atoms with Crippen LogP contribution in [-0.2, 0) is 20.8 Å². The molecule has 9 heteroatoms. The molecule has 2 fully saturated rings. The molecule has 0 bridgehead atoms. The molecule has 0 amide bonds. The number of hydrogen-bond acceptors (Lipinski definition) is 5. The first kappa shape index (κ1) is 23.3. The van der Waals surface area contributed by atoms with E-state index in [4.69, 9.17) is 19.4 Å². The Morgan fingerprint density at radius 3 is 2.86 bits per heavy atom. The van der Waals surface area contributed by atoms with E-state index in [1.807, 2.05) is 18.3 Å². The topological polar surface area (TPSA) is 71.9 Å². The number of aliphatic carboxylic acids is 1. The fourth-order valence-electron chi connectivity index (χ4n) is 3.78. The molecule has 1 N–H and O–H groups in total. The zero-order valence-corrected chi connectivity index (χ0v) is 16.2. The third kappa shape index (κ3) is 7.09. The number of hydrogen-bond donors (Lipinski definition) is 1. The van der Waals surface area contributed by atoms with Gasteiger partial charge in [-0.25, -0.2) is 4.79 Å². The molecule has 2 atom stereocenters. The minimum Gasteiger partial charge on any atom is -0.475 e. The maximum Gasteiger partial charge on any atom is 0.490 e. The summed E-state index contributed by atoms with van der Waals surface area (Å²) in [6.45, 7) is 8.82. The molecule has 29 heavy (non-hydrogen) atoms. The van der Waals surface area contributed by atoms with Crippen LogP contribution in [0.2, 0.25) is 0 Å². The van der Waals surface area contributed by atoms with Gasteiger partial charge in [0.1, 0.15) is 0 Å². The Labute approximate surface area is 168 Å². The summed E-state index contributed by atoms with van der Waals surface area (Å²) in [5, 5.41) is 7.12. The van der Waals surface area contributed by atoms with Crippen LogP contribution in [0, 0.1) is 5.92 Å². The van der Waals surface area contributed by atoms with Gasteiger partial charge in [-0.2, -0.15) is 13.2 Å². The maximum atomic E-state index is 10.6. The van der Waals surface area contributed by atoms with E-state index in [1.165, 1.54) is 12.8 Å². The third-order valence-electron chi connectivity index (χ3n) is 5.09. The number of halogens is 3. The molecule has 1 saturated heterocycles. The molecular formula is C20H27F3N2O4. The van der Waals surface area contributed by atoms with Gasteiger partial charge in [-0.05, 0) is 25.0 Å². The lowest BCUT2D eigenvalue weighted by Crippen LogP contribution is -2.54. The molecule has 1 spiro atoms. The molecular weight excluding hydrogens is 389 g/mol. The highest BCUT2D eigenvalue weighted by molar-refractivity contribution is 5.73. The van der Waals surface area contributed by atoms with Crippen LogP contribution >= 0.6 is 0 Å². The summed E-state index contributed by atoms with van der Waals surface area (Å²) in [6, 6.07) is 6.12. The second-order valence-corrected chi connectivity index (χ2v) is 7.16. The lowest BCUT2D eigenvalue weighted by molar-refractivity contribution is -0.192. The Hall–Kier alpha value is -1.97. The summed E-state index contributed by atoms with van der Waals surface area (Å²) in [5.74, 6) is -2.26. The SMILES string of the molecule is C=CCOC[C@@H]1CCC[C@@]12CN(Cc1ccccn1)CCO2.O=C(O)C(F)(F)F. The molecule has 6 nitrogen and oxygen atoms in total. The van der Waals surface area contributed by atoms with Crippen molar-refractivity contribution in [2.75, 3.05) is 32.9 Å². The van der Waals surface area contributed by atoms with Crippen molar-refractivity contribution in [3.8, 4) is 0 Å². The highest BCUT2D eigenvalue weighted by atomic mass is 19.4. The van der Waals surface area contributed by atoms with E-state index >= 15 is 0 Å². The van der Waals surface area contributed by atoms with E-state index in [0.29, 0.717) is 12.5 Å². The largest absolute Gasteiger partial charge is 0.490 e. The van der Waals surface area contributed by atoms with Crippen molar-refractivity contribution in [1.82, 2.24) is 9.88 Å². The number of nitrogens with zero attached hydrogens (tertiary/aromatic N) is 2. The predicted octanol–water partition coefficient (Wildman–Crippen LogP) is 3.29. The molecule has 2 aliphatic rings. The van der Waals surface area contributed by atoms with Crippen molar-refractivity contribution >= 4 is 5.97 Å². The number of carbonyl (C=O) groups is 1. The average molecular weight is 416 g/mol. The minimum absolute atomic E-state index is 0.0196. The van der Waals surface area contributed by atoms with Crippen molar-refractivity contribution in [3.63, 3.8) is 0 Å². The van der Waals surface area contributed by atoms with E-state index in [2.05, 4.69) is 28.6 Å². The smallest absolute Gasteiger partial charge is 0.475 e. The van der Waals surface area contributed by atoms with Crippen LogP contribution < -0.4 is 0 Å². The van der Waals surface area contributed by atoms with Crippen LogP contribution in [0.1, 0.15) is 25.0 Å². The summed E-state index contributed by atoms with van der Waals surface area (Å²) in [6.07, 6.45) is 2.19. The molecule has 1 aromatic rings. The van der Waals surface area contributed by atoms with Gasteiger partial charge in [0, 0.05) is 31.7 Å². The first-order valence-electron chi connectivity index (χ1n) is 9.52. The fourth-order valence-corrected chi connectivity index (χ4v) is 3.78. The van der Waals surface area contributed by atoms with Gasteiger partial charge in [-0.15, -0.1) is 6.58 Å². The number of alkyl halides is 3. The summed E-state index contributed by atoms with van der Waals surface area (Å²) in [4.78, 5) is 15.8. The summed E-state index contributed by atoms with van der Waals surface area (Å²) in [5.41, 5.74) is 1.12. The number of pyridine rings is 1. The predicted molar refractivity (Wildman–Crippen MR) is 100 cm³/mol. The maximum absolute atomic E-state index is 10.6. The molecule has 0 aromatic carbocycles. The summed E-state index contributed by atoms with van der Waals surface area (Å²) >= 11 is 0. The van der Waals surface area contributed by atoms with E-state index < -0.39 is 12.1 Å². The van der Waals surface area contributed by atoms with Gasteiger partial charge in [0.25, 0.3) is 0 Å². The quantitative estimate of drug-likeness (QED) is 0.567. The molecule has 162 valence electrons. The van der Waals surface area contributed by atoms with Gasteiger partial charge in [-0.1, -0.05) is 18.6 Å². The molecule has 1 saturated carbocycles. The first-order valence-corrected chi connectivity index (χ1v) is 9.52. The first-order chi connectivity index (χ1) is 13.8. The van der Waals surface area contributed by atoms with Crippen LogP contribution in [0.5, 0.6) is 0 Å². The van der Waals surface area contributed by atoms with E-state index in [-0.39, 0.29) is 5.60 Å². The fraction of sp³-hybridized carbons (Fsp3) is 0.600. The minimum atomic E-state index is -5.08. The number of morpholine rings is 1. The molecule has 0 radical (unpaired) electrons. The van der Waals surface area contributed by atoms with Crippen molar-refractivity contribution in [3.05, 3.63) is 42.7 Å². The zero-order chi connectivity index (χ0) is 21.3. The van der Waals surface area contributed by atoms with Crippen LogP contribution in [0.15, 0.2) is 37.1 Å². The second-order valence-electron chi connectivity index (χ2n) is 7.16. The second kappa shape index (κ2) is 10.7. The van der Waals surface area contributed by atoms with Crippen molar-refractivity contribution < 1.29 is 32.5 Å². The van der Waals surface area contributed by atoms with E-state index in [0.717, 1.165) is 45.0 Å². The third-order valence-corrected chi connectivity index (χ3v) is 5.09. The van der Waals surface area contributed by atoms with Gasteiger partial charge >= 0.3 is 12.1 Å².